The number of carbonyl (C=O) groups excluding carboxylic acids is 2. The molecule has 4 rings (SSSR count). The van der Waals surface area contributed by atoms with E-state index < -0.39 is 11.3 Å². The molecular weight excluding hydrogens is 358 g/mol. The van der Waals surface area contributed by atoms with E-state index in [0.717, 1.165) is 43.2 Å². The van der Waals surface area contributed by atoms with Crippen LogP contribution in [0.1, 0.15) is 53.6 Å². The largest absolute Gasteiger partial charge is 0.460 e. The lowest BCUT2D eigenvalue weighted by Crippen LogP contribution is -2.39. The fourth-order valence-corrected chi connectivity index (χ4v) is 4.01. The van der Waals surface area contributed by atoms with E-state index in [1.807, 2.05) is 18.2 Å². The van der Waals surface area contributed by atoms with Crippen molar-refractivity contribution in [3.8, 4) is 11.5 Å². The zero-order valence-corrected chi connectivity index (χ0v) is 15.6. The van der Waals surface area contributed by atoms with Gasteiger partial charge in [-0.2, -0.15) is 0 Å². The molecule has 2 aliphatic rings. The van der Waals surface area contributed by atoms with Crippen LogP contribution >= 0.6 is 0 Å². The average Bonchev–Trinajstić information content (AvgIpc) is 3.20. The predicted octanol–water partition coefficient (Wildman–Crippen LogP) is 3.46. The number of fused-ring (bicyclic) bond motifs is 1. The van der Waals surface area contributed by atoms with Crippen molar-refractivity contribution in [3.63, 3.8) is 0 Å². The summed E-state index contributed by atoms with van der Waals surface area (Å²) in [5.41, 5.74) is 6.77. The molecule has 0 saturated heterocycles. The molecule has 0 unspecified atom stereocenters. The van der Waals surface area contributed by atoms with Gasteiger partial charge < -0.3 is 19.9 Å². The van der Waals surface area contributed by atoms with Crippen molar-refractivity contribution in [3.05, 3.63) is 59.2 Å². The first kappa shape index (κ1) is 18.3. The van der Waals surface area contributed by atoms with Gasteiger partial charge in [-0.1, -0.05) is 37.5 Å². The second-order valence-corrected chi connectivity index (χ2v) is 7.35. The van der Waals surface area contributed by atoms with Crippen molar-refractivity contribution in [1.29, 1.82) is 0 Å². The first-order valence-electron chi connectivity index (χ1n) is 9.55. The van der Waals surface area contributed by atoms with Crippen LogP contribution in [0.5, 0.6) is 11.5 Å². The monoisotopic (exact) mass is 381 g/mol. The predicted molar refractivity (Wildman–Crippen MR) is 102 cm³/mol. The summed E-state index contributed by atoms with van der Waals surface area (Å²) in [6.45, 7) is 0.363. The molecule has 2 N–H and O–H groups in total. The molecule has 6 heteroatoms. The number of nitrogens with two attached hydrogens (primary N) is 1. The molecule has 1 amide bonds. The van der Waals surface area contributed by atoms with Gasteiger partial charge in [0.2, 0.25) is 12.7 Å². The number of primary amides is 1. The van der Waals surface area contributed by atoms with Gasteiger partial charge in [0.05, 0.1) is 5.41 Å². The molecule has 2 aromatic rings. The molecule has 1 aliphatic heterocycles. The number of hydrogen-bond acceptors (Lipinski definition) is 5. The van der Waals surface area contributed by atoms with Gasteiger partial charge in [-0.15, -0.1) is 0 Å². The first-order valence-corrected chi connectivity index (χ1v) is 9.55. The third-order valence-electron chi connectivity index (χ3n) is 5.63. The molecule has 0 bridgehead atoms. The topological polar surface area (TPSA) is 87.9 Å². The van der Waals surface area contributed by atoms with Gasteiger partial charge in [0, 0.05) is 5.56 Å². The number of amides is 1. The molecule has 146 valence electrons. The number of rotatable bonds is 5. The van der Waals surface area contributed by atoms with Crippen molar-refractivity contribution in [1.82, 2.24) is 0 Å². The third-order valence-corrected chi connectivity index (χ3v) is 5.63. The molecule has 0 radical (unpaired) electrons. The van der Waals surface area contributed by atoms with Crippen LogP contribution in [0.25, 0.3) is 0 Å². The summed E-state index contributed by atoms with van der Waals surface area (Å²) in [4.78, 5) is 24.4. The van der Waals surface area contributed by atoms with Crippen LogP contribution in [0.3, 0.4) is 0 Å². The number of hydrogen-bond donors (Lipinski definition) is 1. The third kappa shape index (κ3) is 3.42. The maximum Gasteiger partial charge on any atom is 0.316 e. The van der Waals surface area contributed by atoms with Crippen LogP contribution in [0.2, 0.25) is 0 Å². The minimum absolute atomic E-state index is 0.157. The van der Waals surface area contributed by atoms with Gasteiger partial charge in [-0.05, 0) is 48.2 Å². The summed E-state index contributed by atoms with van der Waals surface area (Å²) in [7, 11) is 0. The molecule has 0 aromatic heterocycles. The Labute approximate surface area is 163 Å². The van der Waals surface area contributed by atoms with Gasteiger partial charge in [0.1, 0.15) is 6.61 Å². The normalized spacial score (nSPS) is 17.1. The summed E-state index contributed by atoms with van der Waals surface area (Å²) >= 11 is 0. The molecule has 0 spiro atoms. The van der Waals surface area contributed by atoms with E-state index in [1.54, 1.807) is 24.3 Å². The van der Waals surface area contributed by atoms with Crippen LogP contribution in [0.4, 0.5) is 0 Å². The maximum atomic E-state index is 13.2. The second-order valence-electron chi connectivity index (χ2n) is 7.35. The lowest BCUT2D eigenvalue weighted by Gasteiger charge is -2.35. The Hall–Kier alpha value is -3.02. The summed E-state index contributed by atoms with van der Waals surface area (Å²) in [5, 5.41) is 0. The number of benzene rings is 2. The van der Waals surface area contributed by atoms with Crippen molar-refractivity contribution in [2.75, 3.05) is 6.79 Å². The molecule has 0 atom stereocenters. The van der Waals surface area contributed by atoms with E-state index >= 15 is 0 Å². The number of ether oxygens (including phenoxy) is 3. The van der Waals surface area contributed by atoms with Crippen LogP contribution in [0.15, 0.2) is 42.5 Å². The summed E-state index contributed by atoms with van der Waals surface area (Å²) in [6.07, 6.45) is 4.60. The highest BCUT2D eigenvalue weighted by molar-refractivity contribution is 5.92. The number of esters is 1. The smallest absolute Gasteiger partial charge is 0.316 e. The Bertz CT molecular complexity index is 884. The van der Waals surface area contributed by atoms with Gasteiger partial charge in [-0.25, -0.2) is 0 Å². The highest BCUT2D eigenvalue weighted by Crippen LogP contribution is 2.44. The fraction of sp³-hybridized carbons (Fsp3) is 0.364. The van der Waals surface area contributed by atoms with Gasteiger partial charge >= 0.3 is 5.97 Å². The van der Waals surface area contributed by atoms with Crippen LogP contribution in [-0.4, -0.2) is 18.7 Å². The van der Waals surface area contributed by atoms with Crippen LogP contribution in [-0.2, 0) is 21.6 Å². The lowest BCUT2D eigenvalue weighted by molar-refractivity contribution is -0.153. The molecule has 1 heterocycles. The first-order chi connectivity index (χ1) is 13.6. The van der Waals surface area contributed by atoms with Gasteiger partial charge in [-0.3, -0.25) is 9.59 Å². The molecule has 6 nitrogen and oxygen atoms in total. The molecular formula is C22H23NO5. The van der Waals surface area contributed by atoms with Gasteiger partial charge in [0.25, 0.3) is 0 Å². The van der Waals surface area contributed by atoms with Crippen LogP contribution in [0, 0.1) is 0 Å². The Kier molecular flexibility index (Phi) is 4.94. The highest BCUT2D eigenvalue weighted by atomic mass is 16.7. The second kappa shape index (κ2) is 7.54. The molecule has 28 heavy (non-hydrogen) atoms. The van der Waals surface area contributed by atoms with Crippen molar-refractivity contribution in [2.24, 2.45) is 5.73 Å². The van der Waals surface area contributed by atoms with Crippen LogP contribution < -0.4 is 15.2 Å². The minimum atomic E-state index is -0.660. The summed E-state index contributed by atoms with van der Waals surface area (Å²) in [5.74, 6) is 0.687. The lowest BCUT2D eigenvalue weighted by atomic mass is 9.69. The number of carbonyl (C=O) groups is 2. The van der Waals surface area contributed by atoms with E-state index in [-0.39, 0.29) is 19.4 Å². The molecule has 1 saturated carbocycles. The summed E-state index contributed by atoms with van der Waals surface area (Å²) in [6, 6.07) is 12.5. The van der Waals surface area contributed by atoms with E-state index in [2.05, 4.69) is 0 Å². The fourth-order valence-electron chi connectivity index (χ4n) is 4.01. The zero-order valence-electron chi connectivity index (χ0n) is 15.6. The Balaban J connectivity index is 1.53. The van der Waals surface area contributed by atoms with E-state index in [4.69, 9.17) is 19.9 Å². The molecule has 1 aliphatic carbocycles. The SMILES string of the molecule is NC(=O)c1ccc(COC(=O)C2(c3ccc4c(c3)OCO4)CCCCC2)cc1. The van der Waals surface area contributed by atoms with E-state index in [1.165, 1.54) is 0 Å². The molecule has 1 fully saturated rings. The highest BCUT2D eigenvalue weighted by Gasteiger charge is 2.43. The van der Waals surface area contributed by atoms with E-state index in [9.17, 15) is 9.59 Å². The van der Waals surface area contributed by atoms with Crippen molar-refractivity contribution >= 4 is 11.9 Å². The Morgan fingerprint density at radius 3 is 2.39 bits per heavy atom. The van der Waals surface area contributed by atoms with E-state index in [0.29, 0.717) is 17.1 Å². The minimum Gasteiger partial charge on any atom is -0.460 e. The quantitative estimate of drug-likeness (QED) is 0.802. The Morgan fingerprint density at radius 2 is 1.68 bits per heavy atom. The van der Waals surface area contributed by atoms with Crippen molar-refractivity contribution < 1.29 is 23.8 Å². The van der Waals surface area contributed by atoms with Crippen molar-refractivity contribution in [2.45, 2.75) is 44.1 Å². The average molecular weight is 381 g/mol. The standard InChI is InChI=1S/C22H23NO5/c23-20(24)16-6-4-15(5-7-16)13-26-21(25)22(10-2-1-3-11-22)17-8-9-18-19(12-17)28-14-27-18/h4-9,12H,1-3,10-11,13-14H2,(H2,23,24). The zero-order chi connectivity index (χ0) is 19.6. The molecule has 2 aromatic carbocycles. The Morgan fingerprint density at radius 1 is 0.964 bits per heavy atom. The summed E-state index contributed by atoms with van der Waals surface area (Å²) < 4.78 is 16.6. The van der Waals surface area contributed by atoms with Gasteiger partial charge in [0.15, 0.2) is 11.5 Å². The maximum absolute atomic E-state index is 13.2.